The molecule has 0 aromatic heterocycles. The predicted molar refractivity (Wildman–Crippen MR) is 64.6 cm³/mol. The largest absolute Gasteiger partial charge is 0.496 e. The van der Waals surface area contributed by atoms with E-state index in [2.05, 4.69) is 44.2 Å². The Morgan fingerprint density at radius 2 is 1.93 bits per heavy atom. The molecule has 78 valence electrons. The van der Waals surface area contributed by atoms with Crippen molar-refractivity contribution in [2.24, 2.45) is 0 Å². The molecule has 0 saturated heterocycles. The Hall–Kier alpha value is -1.50. The molecule has 0 spiro atoms. The van der Waals surface area contributed by atoms with Crippen molar-refractivity contribution in [3.63, 3.8) is 0 Å². The fraction of sp³-hybridized carbons (Fsp3) is 0.286. The first-order valence-corrected chi connectivity index (χ1v) is 5.32. The number of fused-ring (bicyclic) bond motifs is 1. The molecular weight excluding hydrogens is 184 g/mol. The highest BCUT2D eigenvalue weighted by Crippen LogP contribution is 2.28. The van der Waals surface area contributed by atoms with E-state index in [1.807, 2.05) is 0 Å². The summed E-state index contributed by atoms with van der Waals surface area (Å²) in [6.45, 7) is 4.28. The summed E-state index contributed by atoms with van der Waals surface area (Å²) < 4.78 is 5.37. The quantitative estimate of drug-likeness (QED) is 0.718. The third-order valence-electron chi connectivity index (χ3n) is 2.82. The summed E-state index contributed by atoms with van der Waals surface area (Å²) in [5, 5.41) is 2.61. The second kappa shape index (κ2) is 3.93. The Morgan fingerprint density at radius 3 is 2.60 bits per heavy atom. The van der Waals surface area contributed by atoms with Gasteiger partial charge in [-0.1, -0.05) is 36.8 Å². The Labute approximate surface area is 90.7 Å². The van der Waals surface area contributed by atoms with Gasteiger partial charge in [0.2, 0.25) is 0 Å². The van der Waals surface area contributed by atoms with E-state index in [0.29, 0.717) is 0 Å². The molecule has 0 N–H and O–H groups in total. The van der Waals surface area contributed by atoms with Crippen molar-refractivity contribution in [1.82, 2.24) is 0 Å². The third-order valence-corrected chi connectivity index (χ3v) is 2.82. The topological polar surface area (TPSA) is 9.23 Å². The van der Waals surface area contributed by atoms with Crippen LogP contribution in [0.1, 0.15) is 18.1 Å². The van der Waals surface area contributed by atoms with E-state index < -0.39 is 0 Å². The van der Waals surface area contributed by atoms with Crippen molar-refractivity contribution in [3.05, 3.63) is 41.5 Å². The molecule has 0 bridgehead atoms. The van der Waals surface area contributed by atoms with Crippen LogP contribution in [0.5, 0.6) is 5.75 Å². The van der Waals surface area contributed by atoms with Crippen LogP contribution >= 0.6 is 0 Å². The van der Waals surface area contributed by atoms with E-state index in [4.69, 9.17) is 4.74 Å². The zero-order chi connectivity index (χ0) is 10.8. The number of ether oxygens (including phenoxy) is 1. The van der Waals surface area contributed by atoms with Crippen LogP contribution in [0.4, 0.5) is 0 Å². The highest BCUT2D eigenvalue weighted by Gasteiger charge is 2.05. The van der Waals surface area contributed by atoms with Gasteiger partial charge in [0.05, 0.1) is 7.11 Å². The van der Waals surface area contributed by atoms with Crippen LogP contribution in [-0.2, 0) is 6.42 Å². The van der Waals surface area contributed by atoms with Crippen LogP contribution in [-0.4, -0.2) is 7.11 Å². The van der Waals surface area contributed by atoms with Crippen molar-refractivity contribution in [2.75, 3.05) is 7.11 Å². The Morgan fingerprint density at radius 1 is 1.13 bits per heavy atom. The van der Waals surface area contributed by atoms with Gasteiger partial charge in [0.25, 0.3) is 0 Å². The maximum Gasteiger partial charge on any atom is 0.122 e. The summed E-state index contributed by atoms with van der Waals surface area (Å²) in [5.41, 5.74) is 2.60. The predicted octanol–water partition coefficient (Wildman–Crippen LogP) is 3.72. The van der Waals surface area contributed by atoms with Gasteiger partial charge in [0.15, 0.2) is 0 Å². The van der Waals surface area contributed by atoms with Gasteiger partial charge >= 0.3 is 0 Å². The minimum atomic E-state index is 0.994. The number of methoxy groups -OCH3 is 1. The van der Waals surface area contributed by atoms with E-state index in [9.17, 15) is 0 Å². The highest BCUT2D eigenvalue weighted by molar-refractivity contribution is 5.88. The maximum atomic E-state index is 5.37. The van der Waals surface area contributed by atoms with Gasteiger partial charge in [-0.25, -0.2) is 0 Å². The molecular formula is C14H16O. The molecule has 0 saturated carbocycles. The molecule has 1 heteroatoms. The standard InChI is InChI=1S/C14H16O/c1-4-12-13-7-5-10(2)9-11(13)6-8-14(12)15-3/h5-9H,4H2,1-3H3. The molecule has 15 heavy (non-hydrogen) atoms. The van der Waals surface area contributed by atoms with Gasteiger partial charge in [-0.15, -0.1) is 0 Å². The van der Waals surface area contributed by atoms with Crippen LogP contribution in [0.2, 0.25) is 0 Å². The summed E-state index contributed by atoms with van der Waals surface area (Å²) >= 11 is 0. The number of benzene rings is 2. The van der Waals surface area contributed by atoms with E-state index >= 15 is 0 Å². The average molecular weight is 200 g/mol. The molecule has 1 nitrogen and oxygen atoms in total. The first kappa shape index (κ1) is 10.0. The Kier molecular flexibility index (Phi) is 2.63. The lowest BCUT2D eigenvalue weighted by Crippen LogP contribution is -1.92. The second-order valence-corrected chi connectivity index (χ2v) is 3.82. The summed E-state index contributed by atoms with van der Waals surface area (Å²) in [4.78, 5) is 0. The van der Waals surface area contributed by atoms with Gasteiger partial charge in [0.1, 0.15) is 5.75 Å². The maximum absolute atomic E-state index is 5.37. The molecule has 0 heterocycles. The molecule has 0 radical (unpaired) electrons. The number of aryl methyl sites for hydroxylation is 2. The van der Waals surface area contributed by atoms with Crippen LogP contribution < -0.4 is 4.74 Å². The summed E-state index contributed by atoms with van der Waals surface area (Å²) in [6.07, 6.45) is 1.00. The van der Waals surface area contributed by atoms with E-state index in [0.717, 1.165) is 12.2 Å². The van der Waals surface area contributed by atoms with Gasteiger partial charge in [-0.3, -0.25) is 0 Å². The van der Waals surface area contributed by atoms with Gasteiger partial charge in [0, 0.05) is 5.56 Å². The van der Waals surface area contributed by atoms with Crippen LogP contribution in [0.25, 0.3) is 10.8 Å². The molecule has 0 atom stereocenters. The monoisotopic (exact) mass is 200 g/mol. The number of hydrogen-bond donors (Lipinski definition) is 0. The molecule has 0 unspecified atom stereocenters. The zero-order valence-electron chi connectivity index (χ0n) is 9.50. The van der Waals surface area contributed by atoms with E-state index in [-0.39, 0.29) is 0 Å². The Bertz CT molecular complexity index is 486. The smallest absolute Gasteiger partial charge is 0.122 e. The summed E-state index contributed by atoms with van der Waals surface area (Å²) in [6, 6.07) is 10.7. The molecule has 0 aliphatic rings. The molecule has 0 amide bonds. The van der Waals surface area contributed by atoms with Crippen LogP contribution in [0.15, 0.2) is 30.3 Å². The second-order valence-electron chi connectivity index (χ2n) is 3.82. The molecule has 0 aliphatic carbocycles. The Balaban J connectivity index is 2.76. The van der Waals surface area contributed by atoms with E-state index in [1.54, 1.807) is 7.11 Å². The molecule has 2 aromatic rings. The number of rotatable bonds is 2. The number of hydrogen-bond acceptors (Lipinski definition) is 1. The fourth-order valence-electron chi connectivity index (χ4n) is 2.05. The lowest BCUT2D eigenvalue weighted by Gasteiger charge is -2.10. The lowest BCUT2D eigenvalue weighted by atomic mass is 10.00. The van der Waals surface area contributed by atoms with Crippen molar-refractivity contribution < 1.29 is 4.74 Å². The van der Waals surface area contributed by atoms with Crippen molar-refractivity contribution in [2.45, 2.75) is 20.3 Å². The molecule has 0 fully saturated rings. The van der Waals surface area contributed by atoms with Crippen molar-refractivity contribution in [3.8, 4) is 5.75 Å². The summed E-state index contributed by atoms with van der Waals surface area (Å²) in [7, 11) is 1.73. The van der Waals surface area contributed by atoms with Crippen molar-refractivity contribution in [1.29, 1.82) is 0 Å². The average Bonchev–Trinajstić information content (AvgIpc) is 2.27. The van der Waals surface area contributed by atoms with Gasteiger partial charge < -0.3 is 4.74 Å². The summed E-state index contributed by atoms with van der Waals surface area (Å²) in [5.74, 6) is 0.994. The van der Waals surface area contributed by atoms with Gasteiger partial charge in [-0.2, -0.15) is 0 Å². The fourth-order valence-corrected chi connectivity index (χ4v) is 2.05. The molecule has 2 aromatic carbocycles. The first-order valence-electron chi connectivity index (χ1n) is 5.32. The highest BCUT2D eigenvalue weighted by atomic mass is 16.5. The van der Waals surface area contributed by atoms with Crippen molar-refractivity contribution >= 4 is 10.8 Å². The van der Waals surface area contributed by atoms with Crippen LogP contribution in [0, 0.1) is 6.92 Å². The van der Waals surface area contributed by atoms with Crippen LogP contribution in [0.3, 0.4) is 0 Å². The SMILES string of the molecule is CCc1c(OC)ccc2cc(C)ccc12. The normalized spacial score (nSPS) is 10.6. The third kappa shape index (κ3) is 1.70. The van der Waals surface area contributed by atoms with E-state index in [1.165, 1.54) is 21.9 Å². The molecule has 2 rings (SSSR count). The zero-order valence-corrected chi connectivity index (χ0v) is 9.50. The minimum absolute atomic E-state index is 0.994. The van der Waals surface area contributed by atoms with Gasteiger partial charge in [-0.05, 0) is 30.2 Å². The first-order chi connectivity index (χ1) is 7.26. The minimum Gasteiger partial charge on any atom is -0.496 e. The lowest BCUT2D eigenvalue weighted by molar-refractivity contribution is 0.411. The molecule has 0 aliphatic heterocycles.